The molecule has 16 heavy (non-hydrogen) atoms. The maximum atomic E-state index is 5.70. The summed E-state index contributed by atoms with van der Waals surface area (Å²) in [4.78, 5) is 0. The molecular formula is C13H26N2O. The van der Waals surface area contributed by atoms with Gasteiger partial charge in [0.25, 0.3) is 0 Å². The lowest BCUT2D eigenvalue weighted by Crippen LogP contribution is -2.34. The SMILES string of the molecule is C1CCC(CNCCC2CCNCC2)OC1. The number of piperidine rings is 1. The maximum absolute atomic E-state index is 5.70. The van der Waals surface area contributed by atoms with Gasteiger partial charge in [-0.05, 0) is 64.1 Å². The molecule has 2 rings (SSSR count). The van der Waals surface area contributed by atoms with Crippen molar-refractivity contribution in [1.29, 1.82) is 0 Å². The van der Waals surface area contributed by atoms with Crippen molar-refractivity contribution in [2.75, 3.05) is 32.8 Å². The van der Waals surface area contributed by atoms with E-state index in [1.807, 2.05) is 0 Å². The monoisotopic (exact) mass is 226 g/mol. The van der Waals surface area contributed by atoms with Crippen LogP contribution in [0.1, 0.15) is 38.5 Å². The largest absolute Gasteiger partial charge is 0.377 e. The fourth-order valence-corrected chi connectivity index (χ4v) is 2.71. The highest BCUT2D eigenvalue weighted by Gasteiger charge is 2.14. The highest BCUT2D eigenvalue weighted by molar-refractivity contribution is 4.71. The van der Waals surface area contributed by atoms with E-state index in [1.165, 1.54) is 58.2 Å². The number of rotatable bonds is 5. The molecule has 0 aromatic heterocycles. The molecule has 1 atom stereocenters. The van der Waals surface area contributed by atoms with Gasteiger partial charge in [-0.15, -0.1) is 0 Å². The lowest BCUT2D eigenvalue weighted by Gasteiger charge is -2.25. The molecule has 2 saturated heterocycles. The van der Waals surface area contributed by atoms with E-state index in [-0.39, 0.29) is 0 Å². The van der Waals surface area contributed by atoms with Crippen molar-refractivity contribution in [3.63, 3.8) is 0 Å². The first kappa shape index (κ1) is 12.3. The van der Waals surface area contributed by atoms with Gasteiger partial charge in [0, 0.05) is 13.2 Å². The van der Waals surface area contributed by atoms with Crippen LogP contribution in [-0.4, -0.2) is 38.9 Å². The van der Waals surface area contributed by atoms with Crippen molar-refractivity contribution in [2.24, 2.45) is 5.92 Å². The molecule has 94 valence electrons. The van der Waals surface area contributed by atoms with Gasteiger partial charge >= 0.3 is 0 Å². The molecule has 2 aliphatic heterocycles. The van der Waals surface area contributed by atoms with E-state index < -0.39 is 0 Å². The summed E-state index contributed by atoms with van der Waals surface area (Å²) >= 11 is 0. The molecule has 0 spiro atoms. The summed E-state index contributed by atoms with van der Waals surface area (Å²) in [5.74, 6) is 0.945. The second-order valence-corrected chi connectivity index (χ2v) is 5.17. The Morgan fingerprint density at radius 3 is 2.75 bits per heavy atom. The molecule has 0 radical (unpaired) electrons. The maximum Gasteiger partial charge on any atom is 0.0699 e. The van der Waals surface area contributed by atoms with Crippen molar-refractivity contribution >= 4 is 0 Å². The fourth-order valence-electron chi connectivity index (χ4n) is 2.71. The Hall–Kier alpha value is -0.120. The topological polar surface area (TPSA) is 33.3 Å². The van der Waals surface area contributed by atoms with Gasteiger partial charge in [0.2, 0.25) is 0 Å². The van der Waals surface area contributed by atoms with Gasteiger partial charge < -0.3 is 15.4 Å². The summed E-state index contributed by atoms with van der Waals surface area (Å²) in [5.41, 5.74) is 0. The zero-order chi connectivity index (χ0) is 11.1. The van der Waals surface area contributed by atoms with Crippen LogP contribution in [0.5, 0.6) is 0 Å². The Labute approximate surface area is 99.3 Å². The first-order valence-electron chi connectivity index (χ1n) is 6.98. The van der Waals surface area contributed by atoms with Gasteiger partial charge in [0.15, 0.2) is 0 Å². The third-order valence-corrected chi connectivity index (χ3v) is 3.83. The number of hydrogen-bond acceptors (Lipinski definition) is 3. The highest BCUT2D eigenvalue weighted by Crippen LogP contribution is 2.15. The van der Waals surface area contributed by atoms with Crippen molar-refractivity contribution in [2.45, 2.75) is 44.6 Å². The van der Waals surface area contributed by atoms with Crippen LogP contribution in [0.3, 0.4) is 0 Å². The Morgan fingerprint density at radius 2 is 2.00 bits per heavy atom. The van der Waals surface area contributed by atoms with Crippen LogP contribution in [0.4, 0.5) is 0 Å². The van der Waals surface area contributed by atoms with Crippen LogP contribution >= 0.6 is 0 Å². The van der Waals surface area contributed by atoms with Crippen LogP contribution in [-0.2, 0) is 4.74 Å². The minimum absolute atomic E-state index is 0.488. The fraction of sp³-hybridized carbons (Fsp3) is 1.00. The first-order valence-corrected chi connectivity index (χ1v) is 6.98. The van der Waals surface area contributed by atoms with E-state index in [0.29, 0.717) is 6.10 Å². The summed E-state index contributed by atoms with van der Waals surface area (Å²) in [6, 6.07) is 0. The average Bonchev–Trinajstić information content (AvgIpc) is 2.37. The normalized spacial score (nSPS) is 28.1. The van der Waals surface area contributed by atoms with Crippen molar-refractivity contribution in [1.82, 2.24) is 10.6 Å². The minimum atomic E-state index is 0.488. The lowest BCUT2D eigenvalue weighted by atomic mass is 9.95. The molecule has 2 N–H and O–H groups in total. The van der Waals surface area contributed by atoms with Gasteiger partial charge in [-0.25, -0.2) is 0 Å². The van der Waals surface area contributed by atoms with Gasteiger partial charge in [-0.2, -0.15) is 0 Å². The molecule has 0 bridgehead atoms. The van der Waals surface area contributed by atoms with Crippen LogP contribution in [0.2, 0.25) is 0 Å². The Balaban J connectivity index is 1.47. The third kappa shape index (κ3) is 4.40. The van der Waals surface area contributed by atoms with Crippen LogP contribution in [0, 0.1) is 5.92 Å². The van der Waals surface area contributed by atoms with Crippen LogP contribution in [0.15, 0.2) is 0 Å². The molecule has 0 aliphatic carbocycles. The molecule has 0 aromatic rings. The summed E-state index contributed by atoms with van der Waals surface area (Å²) in [6.07, 6.45) is 8.41. The summed E-state index contributed by atoms with van der Waals surface area (Å²) in [7, 11) is 0. The summed E-state index contributed by atoms with van der Waals surface area (Å²) < 4.78 is 5.70. The minimum Gasteiger partial charge on any atom is -0.377 e. The molecule has 1 unspecified atom stereocenters. The van der Waals surface area contributed by atoms with E-state index in [0.717, 1.165) is 19.1 Å². The number of ether oxygens (including phenoxy) is 1. The van der Waals surface area contributed by atoms with E-state index in [4.69, 9.17) is 4.74 Å². The summed E-state index contributed by atoms with van der Waals surface area (Å²) in [6.45, 7) is 5.64. The van der Waals surface area contributed by atoms with E-state index in [2.05, 4.69) is 10.6 Å². The van der Waals surface area contributed by atoms with Gasteiger partial charge in [-0.1, -0.05) is 0 Å². The van der Waals surface area contributed by atoms with Crippen LogP contribution in [0.25, 0.3) is 0 Å². The highest BCUT2D eigenvalue weighted by atomic mass is 16.5. The zero-order valence-electron chi connectivity index (χ0n) is 10.3. The quantitative estimate of drug-likeness (QED) is 0.698. The van der Waals surface area contributed by atoms with Crippen molar-refractivity contribution in [3.8, 4) is 0 Å². The molecule has 2 heterocycles. The van der Waals surface area contributed by atoms with E-state index in [9.17, 15) is 0 Å². The van der Waals surface area contributed by atoms with Gasteiger partial charge in [0.1, 0.15) is 0 Å². The first-order chi connectivity index (χ1) is 7.95. The smallest absolute Gasteiger partial charge is 0.0699 e. The Morgan fingerprint density at radius 1 is 1.12 bits per heavy atom. The number of nitrogens with one attached hydrogen (secondary N) is 2. The molecule has 2 aliphatic rings. The number of hydrogen-bond donors (Lipinski definition) is 2. The predicted octanol–water partition coefficient (Wildman–Crippen LogP) is 1.53. The second kappa shape index (κ2) is 7.25. The van der Waals surface area contributed by atoms with Crippen molar-refractivity contribution in [3.05, 3.63) is 0 Å². The molecule has 0 aromatic carbocycles. The Bertz CT molecular complexity index is 155. The zero-order valence-corrected chi connectivity index (χ0v) is 10.3. The molecule has 2 fully saturated rings. The lowest BCUT2D eigenvalue weighted by molar-refractivity contribution is 0.0168. The molecule has 0 amide bonds. The molecule has 3 heteroatoms. The molecular weight excluding hydrogens is 200 g/mol. The van der Waals surface area contributed by atoms with Crippen LogP contribution < -0.4 is 10.6 Å². The standard InChI is InChI=1S/C13H26N2O/c1-2-10-16-13(3-1)11-15-9-6-12-4-7-14-8-5-12/h12-15H,1-11H2. The Kier molecular flexibility index (Phi) is 5.59. The molecule has 0 saturated carbocycles. The van der Waals surface area contributed by atoms with Gasteiger partial charge in [0.05, 0.1) is 6.10 Å². The molecule has 3 nitrogen and oxygen atoms in total. The third-order valence-electron chi connectivity index (χ3n) is 3.83. The second-order valence-electron chi connectivity index (χ2n) is 5.17. The average molecular weight is 226 g/mol. The summed E-state index contributed by atoms with van der Waals surface area (Å²) in [5, 5.41) is 6.97. The predicted molar refractivity (Wildman–Crippen MR) is 66.7 cm³/mol. The van der Waals surface area contributed by atoms with Crippen molar-refractivity contribution < 1.29 is 4.74 Å². The van der Waals surface area contributed by atoms with E-state index in [1.54, 1.807) is 0 Å². The van der Waals surface area contributed by atoms with Gasteiger partial charge in [-0.3, -0.25) is 0 Å². The van der Waals surface area contributed by atoms with E-state index >= 15 is 0 Å².